The number of benzene rings is 1. The summed E-state index contributed by atoms with van der Waals surface area (Å²) in [6.45, 7) is 4.51. The van der Waals surface area contributed by atoms with Crippen molar-refractivity contribution in [3.63, 3.8) is 0 Å². The molecular weight excluding hydrogens is 264 g/mol. The Balaban J connectivity index is 1.53. The van der Waals surface area contributed by atoms with Gasteiger partial charge in [0.2, 0.25) is 6.79 Å². The van der Waals surface area contributed by atoms with E-state index in [1.54, 1.807) is 0 Å². The minimum Gasteiger partial charge on any atom is -0.454 e. The van der Waals surface area contributed by atoms with Crippen LogP contribution in [0.3, 0.4) is 0 Å². The van der Waals surface area contributed by atoms with E-state index in [2.05, 4.69) is 35.4 Å². The summed E-state index contributed by atoms with van der Waals surface area (Å²) in [5.74, 6) is 1.70. The molecule has 0 saturated heterocycles. The molecule has 1 aliphatic heterocycles. The van der Waals surface area contributed by atoms with Crippen LogP contribution in [0.15, 0.2) is 36.5 Å². The second-order valence-electron chi connectivity index (χ2n) is 5.46. The quantitative estimate of drug-likeness (QED) is 0.912. The van der Waals surface area contributed by atoms with Gasteiger partial charge in [-0.15, -0.1) is 0 Å². The number of ether oxygens (including phenoxy) is 2. The zero-order valence-electron chi connectivity index (χ0n) is 12.4. The molecule has 1 unspecified atom stereocenters. The maximum Gasteiger partial charge on any atom is 0.231 e. The Morgan fingerprint density at radius 2 is 2.05 bits per heavy atom. The number of aromatic nitrogens is 1. The molecule has 1 aliphatic rings. The highest BCUT2D eigenvalue weighted by Crippen LogP contribution is 2.32. The SMILES string of the molecule is Cc1ccc(NC(C)CCc2ccc3c(c2)OCO3)cn1. The van der Waals surface area contributed by atoms with Crippen molar-refractivity contribution in [1.29, 1.82) is 0 Å². The van der Waals surface area contributed by atoms with Crippen LogP contribution >= 0.6 is 0 Å². The Kier molecular flexibility index (Phi) is 3.95. The lowest BCUT2D eigenvalue weighted by Crippen LogP contribution is -2.16. The summed E-state index contributed by atoms with van der Waals surface area (Å²) < 4.78 is 10.7. The van der Waals surface area contributed by atoms with E-state index in [9.17, 15) is 0 Å². The van der Waals surface area contributed by atoms with E-state index < -0.39 is 0 Å². The van der Waals surface area contributed by atoms with Crippen molar-refractivity contribution in [2.24, 2.45) is 0 Å². The molecule has 2 heterocycles. The Bertz CT molecular complexity index is 611. The molecule has 0 bridgehead atoms. The first kappa shape index (κ1) is 13.7. The van der Waals surface area contributed by atoms with E-state index in [0.717, 1.165) is 35.7 Å². The lowest BCUT2D eigenvalue weighted by molar-refractivity contribution is 0.174. The molecule has 4 heteroatoms. The molecule has 1 aromatic carbocycles. The third kappa shape index (κ3) is 3.45. The number of pyridine rings is 1. The highest BCUT2D eigenvalue weighted by molar-refractivity contribution is 5.45. The highest BCUT2D eigenvalue weighted by atomic mass is 16.7. The number of nitrogens with zero attached hydrogens (tertiary/aromatic N) is 1. The van der Waals surface area contributed by atoms with Gasteiger partial charge in [-0.3, -0.25) is 4.98 Å². The molecule has 0 amide bonds. The third-order valence-electron chi connectivity index (χ3n) is 3.63. The number of hydrogen-bond acceptors (Lipinski definition) is 4. The first-order valence-corrected chi connectivity index (χ1v) is 7.28. The number of anilines is 1. The topological polar surface area (TPSA) is 43.4 Å². The van der Waals surface area contributed by atoms with Gasteiger partial charge in [0.1, 0.15) is 0 Å². The molecule has 3 rings (SSSR count). The van der Waals surface area contributed by atoms with E-state index >= 15 is 0 Å². The minimum absolute atomic E-state index is 0.331. The lowest BCUT2D eigenvalue weighted by Gasteiger charge is -2.15. The summed E-state index contributed by atoms with van der Waals surface area (Å²) in [4.78, 5) is 4.30. The minimum atomic E-state index is 0.331. The molecule has 4 nitrogen and oxygen atoms in total. The normalized spacial score (nSPS) is 14.0. The van der Waals surface area contributed by atoms with E-state index in [0.29, 0.717) is 12.8 Å². The number of aryl methyl sites for hydroxylation is 2. The summed E-state index contributed by atoms with van der Waals surface area (Å²) in [5.41, 5.74) is 3.38. The average Bonchev–Trinajstić information content (AvgIpc) is 2.95. The molecule has 21 heavy (non-hydrogen) atoms. The van der Waals surface area contributed by atoms with Crippen molar-refractivity contribution in [2.45, 2.75) is 32.7 Å². The molecule has 0 spiro atoms. The molecule has 0 aliphatic carbocycles. The Hall–Kier alpha value is -2.23. The Morgan fingerprint density at radius 3 is 2.86 bits per heavy atom. The predicted molar refractivity (Wildman–Crippen MR) is 82.9 cm³/mol. The zero-order valence-corrected chi connectivity index (χ0v) is 12.4. The summed E-state index contributed by atoms with van der Waals surface area (Å²) in [7, 11) is 0. The van der Waals surface area contributed by atoms with Crippen LogP contribution in [-0.2, 0) is 6.42 Å². The Morgan fingerprint density at radius 1 is 1.19 bits per heavy atom. The fraction of sp³-hybridized carbons (Fsp3) is 0.353. The van der Waals surface area contributed by atoms with Crippen molar-refractivity contribution in [3.05, 3.63) is 47.8 Å². The number of hydrogen-bond donors (Lipinski definition) is 1. The van der Waals surface area contributed by atoms with E-state index in [1.807, 2.05) is 25.3 Å². The van der Waals surface area contributed by atoms with Gasteiger partial charge in [0.15, 0.2) is 11.5 Å². The van der Waals surface area contributed by atoms with Crippen LogP contribution in [0.5, 0.6) is 11.5 Å². The van der Waals surface area contributed by atoms with Gasteiger partial charge >= 0.3 is 0 Å². The van der Waals surface area contributed by atoms with Crippen LogP contribution in [0.1, 0.15) is 24.6 Å². The standard InChI is InChI=1S/C17H20N2O2/c1-12-4-7-15(10-18-12)19-13(2)3-5-14-6-8-16-17(9-14)21-11-20-16/h4,6-10,13,19H,3,5,11H2,1-2H3. The monoisotopic (exact) mass is 284 g/mol. The molecule has 0 saturated carbocycles. The van der Waals surface area contributed by atoms with Crippen molar-refractivity contribution < 1.29 is 9.47 Å². The van der Waals surface area contributed by atoms with E-state index in [-0.39, 0.29) is 0 Å². The van der Waals surface area contributed by atoms with Gasteiger partial charge in [0, 0.05) is 11.7 Å². The van der Waals surface area contributed by atoms with Gasteiger partial charge in [-0.1, -0.05) is 6.07 Å². The largest absolute Gasteiger partial charge is 0.454 e. The molecule has 1 aromatic heterocycles. The third-order valence-corrected chi connectivity index (χ3v) is 3.63. The summed E-state index contributed by atoms with van der Waals surface area (Å²) in [6, 6.07) is 10.6. The highest BCUT2D eigenvalue weighted by Gasteiger charge is 2.13. The first-order valence-electron chi connectivity index (χ1n) is 7.28. The molecule has 110 valence electrons. The maximum atomic E-state index is 5.41. The zero-order chi connectivity index (χ0) is 14.7. The van der Waals surface area contributed by atoms with Crippen molar-refractivity contribution in [3.8, 4) is 11.5 Å². The molecule has 2 aromatic rings. The van der Waals surface area contributed by atoms with Crippen LogP contribution < -0.4 is 14.8 Å². The molecule has 1 atom stereocenters. The van der Waals surface area contributed by atoms with Crippen molar-refractivity contribution in [2.75, 3.05) is 12.1 Å². The summed E-state index contributed by atoms with van der Waals surface area (Å²) in [6.07, 6.45) is 3.93. The van der Waals surface area contributed by atoms with Crippen molar-refractivity contribution >= 4 is 5.69 Å². The van der Waals surface area contributed by atoms with E-state index in [4.69, 9.17) is 9.47 Å². The van der Waals surface area contributed by atoms with Gasteiger partial charge < -0.3 is 14.8 Å². The van der Waals surface area contributed by atoms with Crippen LogP contribution in [0.2, 0.25) is 0 Å². The fourth-order valence-corrected chi connectivity index (χ4v) is 2.39. The van der Waals surface area contributed by atoms with Crippen LogP contribution in [-0.4, -0.2) is 17.8 Å². The fourth-order valence-electron chi connectivity index (χ4n) is 2.39. The summed E-state index contributed by atoms with van der Waals surface area (Å²) >= 11 is 0. The predicted octanol–water partition coefficient (Wildman–Crippen LogP) is 3.55. The molecule has 0 radical (unpaired) electrons. The summed E-state index contributed by atoms with van der Waals surface area (Å²) in [5, 5.41) is 3.47. The van der Waals surface area contributed by atoms with Gasteiger partial charge in [-0.25, -0.2) is 0 Å². The number of fused-ring (bicyclic) bond motifs is 1. The van der Waals surface area contributed by atoms with Gasteiger partial charge in [-0.2, -0.15) is 0 Å². The van der Waals surface area contributed by atoms with Gasteiger partial charge in [0.25, 0.3) is 0 Å². The second-order valence-corrected chi connectivity index (χ2v) is 5.46. The molecule has 1 N–H and O–H groups in total. The lowest BCUT2D eigenvalue weighted by atomic mass is 10.1. The maximum absolute atomic E-state index is 5.41. The van der Waals surface area contributed by atoms with Crippen molar-refractivity contribution in [1.82, 2.24) is 4.98 Å². The van der Waals surface area contributed by atoms with Gasteiger partial charge in [-0.05, 0) is 56.5 Å². The average molecular weight is 284 g/mol. The van der Waals surface area contributed by atoms with Crippen LogP contribution in [0, 0.1) is 6.92 Å². The number of rotatable bonds is 5. The van der Waals surface area contributed by atoms with Crippen LogP contribution in [0.25, 0.3) is 0 Å². The smallest absolute Gasteiger partial charge is 0.231 e. The number of nitrogens with one attached hydrogen (secondary N) is 1. The van der Waals surface area contributed by atoms with E-state index in [1.165, 1.54) is 5.56 Å². The molecule has 0 fully saturated rings. The van der Waals surface area contributed by atoms with Gasteiger partial charge in [0.05, 0.1) is 11.9 Å². The second kappa shape index (κ2) is 6.04. The molecular formula is C17H20N2O2. The first-order chi connectivity index (χ1) is 10.2. The Labute approximate surface area is 125 Å². The van der Waals surface area contributed by atoms with Crippen LogP contribution in [0.4, 0.5) is 5.69 Å².